The van der Waals surface area contributed by atoms with Crippen LogP contribution >= 0.6 is 0 Å². The highest BCUT2D eigenvalue weighted by molar-refractivity contribution is 5.90. The predicted molar refractivity (Wildman–Crippen MR) is 75.5 cm³/mol. The highest BCUT2D eigenvalue weighted by Crippen LogP contribution is 2.33. The number of likely N-dealkylation sites (tertiary alicyclic amines) is 1. The quantitative estimate of drug-likeness (QED) is 0.825. The van der Waals surface area contributed by atoms with E-state index in [-0.39, 0.29) is 17.9 Å². The molecule has 1 heterocycles. The van der Waals surface area contributed by atoms with Gasteiger partial charge in [0.2, 0.25) is 11.8 Å². The van der Waals surface area contributed by atoms with Gasteiger partial charge in [-0.15, -0.1) is 0 Å². The molecule has 110 valence electrons. The maximum Gasteiger partial charge on any atom is 0.244 e. The molecule has 0 spiro atoms. The number of rotatable bonds is 3. The third-order valence-corrected chi connectivity index (χ3v) is 4.39. The molecule has 2 N–H and O–H groups in total. The van der Waals surface area contributed by atoms with Crippen LogP contribution in [0.1, 0.15) is 40.5 Å². The van der Waals surface area contributed by atoms with Crippen molar-refractivity contribution >= 4 is 11.8 Å². The van der Waals surface area contributed by atoms with Crippen molar-refractivity contribution in [3.8, 4) is 0 Å². The van der Waals surface area contributed by atoms with Gasteiger partial charge in [0, 0.05) is 26.2 Å². The van der Waals surface area contributed by atoms with Crippen molar-refractivity contribution in [1.82, 2.24) is 9.80 Å². The first kappa shape index (κ1) is 16.0. The van der Waals surface area contributed by atoms with Gasteiger partial charge in [-0.25, -0.2) is 0 Å². The molecule has 0 saturated carbocycles. The fourth-order valence-electron chi connectivity index (χ4n) is 2.20. The Morgan fingerprint density at radius 3 is 2.16 bits per heavy atom. The standard InChI is InChI=1S/C14H27N3O2/c1-13(2,14(3,4)15)12(19)17-9-7-8-10(17)11(18)16(5)6/h10H,7-9,15H2,1-6H3. The number of hydrogen-bond donors (Lipinski definition) is 1. The zero-order valence-electron chi connectivity index (χ0n) is 13.0. The number of carbonyl (C=O) groups excluding carboxylic acids is 2. The minimum absolute atomic E-state index is 0.00326. The summed E-state index contributed by atoms with van der Waals surface area (Å²) in [6.45, 7) is 8.05. The summed E-state index contributed by atoms with van der Waals surface area (Å²) in [5, 5.41) is 0. The normalized spacial score (nSPS) is 20.6. The lowest BCUT2D eigenvalue weighted by atomic mass is 9.74. The van der Waals surface area contributed by atoms with E-state index in [4.69, 9.17) is 5.73 Å². The van der Waals surface area contributed by atoms with Crippen LogP contribution in [0.3, 0.4) is 0 Å². The lowest BCUT2D eigenvalue weighted by molar-refractivity contribution is -0.150. The Morgan fingerprint density at radius 2 is 1.74 bits per heavy atom. The molecule has 1 fully saturated rings. The summed E-state index contributed by atoms with van der Waals surface area (Å²) < 4.78 is 0. The zero-order chi connectivity index (χ0) is 15.0. The van der Waals surface area contributed by atoms with E-state index in [0.29, 0.717) is 6.54 Å². The average Bonchev–Trinajstić information content (AvgIpc) is 2.73. The van der Waals surface area contributed by atoms with E-state index in [0.717, 1.165) is 12.8 Å². The van der Waals surface area contributed by atoms with Crippen molar-refractivity contribution in [3.05, 3.63) is 0 Å². The number of nitrogens with zero attached hydrogens (tertiary/aromatic N) is 2. The summed E-state index contributed by atoms with van der Waals surface area (Å²) >= 11 is 0. The van der Waals surface area contributed by atoms with Crippen LogP contribution in [-0.4, -0.2) is 53.8 Å². The van der Waals surface area contributed by atoms with Crippen molar-refractivity contribution in [2.24, 2.45) is 11.1 Å². The van der Waals surface area contributed by atoms with Gasteiger partial charge < -0.3 is 15.5 Å². The Labute approximate surface area is 116 Å². The Kier molecular flexibility index (Phi) is 4.30. The molecule has 1 rings (SSSR count). The van der Waals surface area contributed by atoms with Gasteiger partial charge in [0.25, 0.3) is 0 Å². The molecule has 0 bridgehead atoms. The highest BCUT2D eigenvalue weighted by Gasteiger charge is 2.46. The average molecular weight is 269 g/mol. The van der Waals surface area contributed by atoms with E-state index in [1.807, 2.05) is 27.7 Å². The van der Waals surface area contributed by atoms with Crippen LogP contribution in [0.25, 0.3) is 0 Å². The Balaban J connectivity index is 2.96. The molecular formula is C14H27N3O2. The Hall–Kier alpha value is -1.10. The monoisotopic (exact) mass is 269 g/mol. The molecule has 5 heteroatoms. The first-order valence-electron chi connectivity index (χ1n) is 6.81. The van der Waals surface area contributed by atoms with Crippen LogP contribution < -0.4 is 5.73 Å². The fourth-order valence-corrected chi connectivity index (χ4v) is 2.20. The second-order valence-electron chi connectivity index (χ2n) is 6.74. The molecule has 1 saturated heterocycles. The van der Waals surface area contributed by atoms with Crippen LogP contribution in [0.2, 0.25) is 0 Å². The Bertz CT molecular complexity index is 369. The third-order valence-electron chi connectivity index (χ3n) is 4.39. The summed E-state index contributed by atoms with van der Waals surface area (Å²) in [6, 6.07) is -0.330. The number of carbonyl (C=O) groups is 2. The van der Waals surface area contributed by atoms with Gasteiger partial charge in [0.1, 0.15) is 6.04 Å². The van der Waals surface area contributed by atoms with Gasteiger partial charge in [-0.2, -0.15) is 0 Å². The highest BCUT2D eigenvalue weighted by atomic mass is 16.2. The number of hydrogen-bond acceptors (Lipinski definition) is 3. The van der Waals surface area contributed by atoms with E-state index in [1.54, 1.807) is 23.9 Å². The van der Waals surface area contributed by atoms with Gasteiger partial charge in [0.15, 0.2) is 0 Å². The summed E-state index contributed by atoms with van der Waals surface area (Å²) in [5.74, 6) is -0.0332. The van der Waals surface area contributed by atoms with Gasteiger partial charge >= 0.3 is 0 Å². The SMILES string of the molecule is CN(C)C(=O)C1CCCN1C(=O)C(C)(C)C(C)(C)N. The first-order valence-corrected chi connectivity index (χ1v) is 6.81. The second kappa shape index (κ2) is 5.12. The fraction of sp³-hybridized carbons (Fsp3) is 0.857. The van der Waals surface area contributed by atoms with E-state index in [1.165, 1.54) is 0 Å². The molecule has 1 unspecified atom stereocenters. The molecular weight excluding hydrogens is 242 g/mol. The molecule has 1 aliphatic heterocycles. The molecule has 0 aromatic carbocycles. The van der Waals surface area contributed by atoms with Gasteiger partial charge in [-0.05, 0) is 40.5 Å². The van der Waals surface area contributed by atoms with E-state index >= 15 is 0 Å². The van der Waals surface area contributed by atoms with Crippen LogP contribution in [0, 0.1) is 5.41 Å². The number of likely N-dealkylation sites (N-methyl/N-ethyl adjacent to an activating group) is 1. The molecule has 1 atom stereocenters. The largest absolute Gasteiger partial charge is 0.347 e. The van der Waals surface area contributed by atoms with E-state index in [9.17, 15) is 9.59 Å². The topological polar surface area (TPSA) is 66.6 Å². The van der Waals surface area contributed by atoms with Crippen molar-refractivity contribution in [2.75, 3.05) is 20.6 Å². The van der Waals surface area contributed by atoms with Gasteiger partial charge in [-0.3, -0.25) is 9.59 Å². The molecule has 0 radical (unpaired) electrons. The van der Waals surface area contributed by atoms with E-state index < -0.39 is 11.0 Å². The van der Waals surface area contributed by atoms with Crippen molar-refractivity contribution in [3.63, 3.8) is 0 Å². The smallest absolute Gasteiger partial charge is 0.244 e. The number of nitrogens with two attached hydrogens (primary N) is 1. The maximum absolute atomic E-state index is 12.7. The molecule has 5 nitrogen and oxygen atoms in total. The van der Waals surface area contributed by atoms with Crippen LogP contribution in [-0.2, 0) is 9.59 Å². The van der Waals surface area contributed by atoms with E-state index in [2.05, 4.69) is 0 Å². The molecule has 19 heavy (non-hydrogen) atoms. The van der Waals surface area contributed by atoms with Gasteiger partial charge in [0.05, 0.1) is 5.41 Å². The zero-order valence-corrected chi connectivity index (χ0v) is 13.0. The molecule has 1 aliphatic rings. The molecule has 0 aromatic heterocycles. The number of amides is 2. The minimum Gasteiger partial charge on any atom is -0.347 e. The van der Waals surface area contributed by atoms with Crippen molar-refractivity contribution in [1.29, 1.82) is 0 Å². The summed E-state index contributed by atoms with van der Waals surface area (Å²) in [5.41, 5.74) is 4.80. The summed E-state index contributed by atoms with van der Waals surface area (Å²) in [7, 11) is 3.45. The van der Waals surface area contributed by atoms with Gasteiger partial charge in [-0.1, -0.05) is 0 Å². The molecule has 0 aliphatic carbocycles. The van der Waals surface area contributed by atoms with Crippen LogP contribution in [0.5, 0.6) is 0 Å². The summed E-state index contributed by atoms with van der Waals surface area (Å²) in [6.07, 6.45) is 1.61. The lowest BCUT2D eigenvalue weighted by Crippen LogP contribution is -2.58. The Morgan fingerprint density at radius 1 is 1.21 bits per heavy atom. The lowest BCUT2D eigenvalue weighted by Gasteiger charge is -2.41. The summed E-state index contributed by atoms with van der Waals surface area (Å²) in [4.78, 5) is 28.1. The predicted octanol–water partition coefficient (Wildman–Crippen LogP) is 0.829. The first-order chi connectivity index (χ1) is 8.50. The third kappa shape index (κ3) is 2.91. The maximum atomic E-state index is 12.7. The van der Waals surface area contributed by atoms with Crippen LogP contribution in [0.4, 0.5) is 0 Å². The second-order valence-corrected chi connectivity index (χ2v) is 6.74. The minimum atomic E-state index is -0.692. The molecule has 2 amide bonds. The molecule has 0 aromatic rings. The van der Waals surface area contributed by atoms with Crippen LogP contribution in [0.15, 0.2) is 0 Å². The van der Waals surface area contributed by atoms with Crippen molar-refractivity contribution < 1.29 is 9.59 Å². The van der Waals surface area contributed by atoms with Crippen molar-refractivity contribution in [2.45, 2.75) is 52.1 Å².